The number of carboxylic acids is 1. The van der Waals surface area contributed by atoms with Crippen LogP contribution in [-0.4, -0.2) is 121 Å². The quantitative estimate of drug-likeness (QED) is 0.0611. The Labute approximate surface area is 411 Å². The number of nitro benzene ring substituents is 1. The number of benzene rings is 3. The van der Waals surface area contributed by atoms with E-state index in [1.807, 2.05) is 18.2 Å². The summed E-state index contributed by atoms with van der Waals surface area (Å²) in [6.45, 7) is 10.8. The van der Waals surface area contributed by atoms with Crippen molar-refractivity contribution >= 4 is 67.2 Å². The number of likely N-dealkylation sites (tertiary alicyclic amines) is 1. The van der Waals surface area contributed by atoms with Crippen LogP contribution in [0, 0.1) is 26.9 Å². The van der Waals surface area contributed by atoms with Crippen molar-refractivity contribution in [3.8, 4) is 11.5 Å². The van der Waals surface area contributed by atoms with E-state index in [9.17, 15) is 33.2 Å². The number of sulfonamides is 1. The number of carboxylic acid groups (broad SMARTS) is 1. The Kier molecular flexibility index (Phi) is 12.9. The van der Waals surface area contributed by atoms with Crippen LogP contribution in [0.25, 0.3) is 16.6 Å². The highest BCUT2D eigenvalue weighted by atomic mass is 35.5. The molecular weight excluding hydrogens is 936 g/mol. The number of nitrogens with one attached hydrogen (secondary N) is 3. The van der Waals surface area contributed by atoms with Crippen LogP contribution in [0.1, 0.15) is 68.3 Å². The molecule has 0 radical (unpaired) electrons. The van der Waals surface area contributed by atoms with Crippen LogP contribution in [0.2, 0.25) is 5.02 Å². The van der Waals surface area contributed by atoms with E-state index in [1.54, 1.807) is 24.4 Å². The molecule has 2 aromatic heterocycles. The molecule has 17 nitrogen and oxygen atoms in total. The summed E-state index contributed by atoms with van der Waals surface area (Å²) >= 11 is 6.25. The first-order valence-electron chi connectivity index (χ1n) is 23.9. The third-order valence-electron chi connectivity index (χ3n) is 14.9. The molecule has 5 aliphatic rings. The van der Waals surface area contributed by atoms with Gasteiger partial charge in [0, 0.05) is 98.9 Å². The van der Waals surface area contributed by atoms with Gasteiger partial charge >= 0.3 is 5.97 Å². The molecule has 0 bridgehead atoms. The SMILES string of the molecule is CC1(C)CCC(CN2CCN(c3ccc(C(=O)NS(=O)(=O)c4ccc(NC5CC6(C5)CN(C5CCOCC5C(=O)O)C6)c([N+](=O)[O-])c4)c(Oc4cnc5[nH]ccc5c4)c3)CC2)=C(c2ccc(Cl)cc2)C1. The molecule has 10 rings (SSSR count). The first-order valence-corrected chi connectivity index (χ1v) is 25.7. The first-order chi connectivity index (χ1) is 33.5. The molecule has 2 aliphatic carbocycles. The van der Waals surface area contributed by atoms with Crippen molar-refractivity contribution in [2.45, 2.75) is 69.4 Å². The number of anilines is 2. The molecule has 3 aromatic carbocycles. The fourth-order valence-corrected chi connectivity index (χ4v) is 12.3. The summed E-state index contributed by atoms with van der Waals surface area (Å²) in [5, 5.41) is 26.8. The Hall–Kier alpha value is -6.05. The minimum atomic E-state index is -4.62. The summed E-state index contributed by atoms with van der Waals surface area (Å²) < 4.78 is 41.6. The molecule has 2 unspecified atom stereocenters. The topological polar surface area (TPSA) is 213 Å². The summed E-state index contributed by atoms with van der Waals surface area (Å²) in [6, 6.07) is 20.2. The number of carbonyl (C=O) groups is 2. The van der Waals surface area contributed by atoms with Gasteiger partial charge in [-0.25, -0.2) is 18.1 Å². The molecule has 1 saturated carbocycles. The van der Waals surface area contributed by atoms with E-state index in [0.717, 1.165) is 87.0 Å². The van der Waals surface area contributed by atoms with Crippen LogP contribution in [0.4, 0.5) is 17.1 Å². The fourth-order valence-electron chi connectivity index (χ4n) is 11.2. The largest absolute Gasteiger partial charge is 0.481 e. The number of hydrogen-bond donors (Lipinski definition) is 4. The van der Waals surface area contributed by atoms with Gasteiger partial charge in [-0.2, -0.15) is 0 Å². The van der Waals surface area contributed by atoms with Crippen molar-refractivity contribution in [2.24, 2.45) is 16.7 Å². The third kappa shape index (κ3) is 9.97. The average Bonchev–Trinajstić information content (AvgIpc) is 3.78. The number of ether oxygens (including phenoxy) is 2. The number of nitrogens with zero attached hydrogens (tertiary/aromatic N) is 5. The number of fused-ring (bicyclic) bond motifs is 1. The van der Waals surface area contributed by atoms with Gasteiger partial charge in [0.05, 0.1) is 34.1 Å². The van der Waals surface area contributed by atoms with E-state index in [0.29, 0.717) is 37.5 Å². The fraction of sp³-hybridized carbons (Fsp3) is 0.431. The number of amides is 1. The number of carbonyl (C=O) groups excluding carboxylic acids is 1. The van der Waals surface area contributed by atoms with Gasteiger partial charge in [-0.15, -0.1) is 0 Å². The maximum absolute atomic E-state index is 14.1. The van der Waals surface area contributed by atoms with Gasteiger partial charge in [0.1, 0.15) is 22.8 Å². The lowest BCUT2D eigenvalue weighted by molar-refractivity contribution is -0.384. The van der Waals surface area contributed by atoms with Crippen molar-refractivity contribution in [3.05, 3.63) is 117 Å². The van der Waals surface area contributed by atoms with Crippen LogP contribution >= 0.6 is 11.6 Å². The number of pyridine rings is 1. The lowest BCUT2D eigenvalue weighted by atomic mass is 9.60. The van der Waals surface area contributed by atoms with E-state index in [-0.39, 0.29) is 46.5 Å². The van der Waals surface area contributed by atoms with E-state index < -0.39 is 43.3 Å². The molecule has 4 N–H and O–H groups in total. The summed E-state index contributed by atoms with van der Waals surface area (Å²) in [7, 11) is -4.62. The van der Waals surface area contributed by atoms with Crippen molar-refractivity contribution < 1.29 is 37.5 Å². The summed E-state index contributed by atoms with van der Waals surface area (Å²) in [6.07, 6.45) is 8.56. The second-order valence-electron chi connectivity index (χ2n) is 20.5. The highest BCUT2D eigenvalue weighted by Crippen LogP contribution is 2.51. The van der Waals surface area contributed by atoms with E-state index in [1.165, 1.54) is 41.1 Å². The smallest absolute Gasteiger partial charge is 0.310 e. The zero-order valence-corrected chi connectivity index (χ0v) is 40.7. The summed E-state index contributed by atoms with van der Waals surface area (Å²) in [5.41, 5.74) is 5.40. The maximum Gasteiger partial charge on any atom is 0.310 e. The normalized spacial score (nSPS) is 21.8. The second kappa shape index (κ2) is 18.9. The Balaban J connectivity index is 0.822. The Bertz CT molecular complexity index is 2980. The summed E-state index contributed by atoms with van der Waals surface area (Å²) in [4.78, 5) is 51.5. The van der Waals surface area contributed by atoms with Crippen molar-refractivity contribution in [3.63, 3.8) is 0 Å². The predicted molar refractivity (Wildman–Crippen MR) is 266 cm³/mol. The number of allylic oxidation sites excluding steroid dienone is 1. The predicted octanol–water partition coefficient (Wildman–Crippen LogP) is 8.19. The molecule has 368 valence electrons. The van der Waals surface area contributed by atoms with Crippen LogP contribution < -0.4 is 19.7 Å². The van der Waals surface area contributed by atoms with Crippen molar-refractivity contribution in [2.75, 3.05) is 69.2 Å². The van der Waals surface area contributed by atoms with Gasteiger partial charge < -0.3 is 29.8 Å². The zero-order valence-electron chi connectivity index (χ0n) is 39.2. The standard InChI is InChI=1S/C51H57ClN8O9S/c1-50(2)14-11-34(41(26-50)32-3-5-35(52)6-4-32)28-57-16-18-58(19-17-57)37-7-9-40(46(22-37)69-38-21-33-12-15-53-47(33)54-27-38)48(61)56-70(66,67)39-8-10-43(45(23-39)60(64)65)55-36-24-51(25-36)30-59(31-51)44-13-20-68-29-42(44)49(62)63/h3-10,12,15,21-23,27,36,42,44,55H,11,13-14,16-20,24-26,28-31H2,1-2H3,(H,53,54)(H,56,61)(H,62,63). The molecule has 5 aromatic rings. The molecule has 3 saturated heterocycles. The molecule has 5 heterocycles. The van der Waals surface area contributed by atoms with Gasteiger partial charge in [0.25, 0.3) is 21.6 Å². The minimum Gasteiger partial charge on any atom is -0.481 e. The Morgan fingerprint density at radius 2 is 1.80 bits per heavy atom. The molecule has 3 aliphatic heterocycles. The Morgan fingerprint density at radius 3 is 2.54 bits per heavy atom. The zero-order chi connectivity index (χ0) is 49.0. The van der Waals surface area contributed by atoms with Crippen molar-refractivity contribution in [1.82, 2.24) is 24.5 Å². The van der Waals surface area contributed by atoms with E-state index in [2.05, 4.69) is 60.7 Å². The number of H-pyrrole nitrogens is 1. The van der Waals surface area contributed by atoms with Gasteiger partial charge in [-0.1, -0.05) is 43.2 Å². The van der Waals surface area contributed by atoms with Crippen LogP contribution in [0.5, 0.6) is 11.5 Å². The molecule has 70 heavy (non-hydrogen) atoms. The second-order valence-corrected chi connectivity index (χ2v) is 22.6. The lowest BCUT2D eigenvalue weighted by Crippen LogP contribution is -2.69. The lowest BCUT2D eigenvalue weighted by Gasteiger charge is -2.62. The minimum absolute atomic E-state index is 0.00291. The number of hydrogen-bond acceptors (Lipinski definition) is 13. The van der Waals surface area contributed by atoms with Crippen molar-refractivity contribution in [1.29, 1.82) is 0 Å². The number of rotatable bonds is 14. The van der Waals surface area contributed by atoms with Gasteiger partial charge in [-0.3, -0.25) is 29.5 Å². The Morgan fingerprint density at radius 1 is 1.03 bits per heavy atom. The first kappa shape index (κ1) is 47.6. The van der Waals surface area contributed by atoms with Gasteiger partial charge in [0.2, 0.25) is 0 Å². The number of aromatic nitrogens is 2. The molecule has 19 heteroatoms. The number of aliphatic carboxylic acids is 1. The molecule has 2 atom stereocenters. The number of piperazine rings is 1. The number of nitro groups is 1. The molecule has 1 spiro atoms. The van der Waals surface area contributed by atoms with Gasteiger partial charge in [0.15, 0.2) is 0 Å². The third-order valence-corrected chi connectivity index (χ3v) is 16.5. The van der Waals surface area contributed by atoms with Gasteiger partial charge in [-0.05, 0) is 109 Å². The maximum atomic E-state index is 14.1. The van der Waals surface area contributed by atoms with Crippen LogP contribution in [0.3, 0.4) is 0 Å². The van der Waals surface area contributed by atoms with E-state index >= 15 is 0 Å². The van der Waals surface area contributed by atoms with Crippen LogP contribution in [0.15, 0.2) is 95.7 Å². The average molecular weight is 994 g/mol. The molecule has 4 fully saturated rings. The highest BCUT2D eigenvalue weighted by Gasteiger charge is 2.55. The van der Waals surface area contributed by atoms with E-state index in [4.69, 9.17) is 21.1 Å². The summed E-state index contributed by atoms with van der Waals surface area (Å²) in [5.74, 6) is -1.96. The molecule has 1 amide bonds. The highest BCUT2D eigenvalue weighted by molar-refractivity contribution is 7.90. The number of halogens is 1. The monoisotopic (exact) mass is 992 g/mol. The molecular formula is C51H57ClN8O9S. The number of aromatic amines is 1. The van der Waals surface area contributed by atoms with Crippen LogP contribution in [-0.2, 0) is 19.6 Å².